The monoisotopic (exact) mass is 402 g/mol. The molecule has 0 bridgehead atoms. The molecule has 1 unspecified atom stereocenters. The van der Waals surface area contributed by atoms with Crippen LogP contribution in [-0.2, 0) is 30.3 Å². The van der Waals surface area contributed by atoms with Crippen molar-refractivity contribution in [1.29, 1.82) is 0 Å². The highest BCUT2D eigenvalue weighted by atomic mass is 32.2. The van der Waals surface area contributed by atoms with Crippen molar-refractivity contribution in [3.8, 4) is 0 Å². The largest absolute Gasteiger partial charge is 0.486 e. The summed E-state index contributed by atoms with van der Waals surface area (Å²) in [5.41, 5.74) is 0.323. The minimum atomic E-state index is -3.08. The van der Waals surface area contributed by atoms with E-state index in [0.717, 1.165) is 4.31 Å². The van der Waals surface area contributed by atoms with Gasteiger partial charge in [-0.15, -0.1) is 0 Å². The van der Waals surface area contributed by atoms with Crippen LogP contribution in [0.3, 0.4) is 0 Å². The van der Waals surface area contributed by atoms with Crippen molar-refractivity contribution in [1.82, 2.24) is 9.21 Å². The van der Waals surface area contributed by atoms with Gasteiger partial charge in [0.1, 0.15) is 11.9 Å². The summed E-state index contributed by atoms with van der Waals surface area (Å²) >= 11 is 0. The number of morpholine rings is 1. The van der Waals surface area contributed by atoms with Crippen molar-refractivity contribution in [2.45, 2.75) is 12.5 Å². The molecule has 2 rings (SSSR count). The number of hydrogen-bond acceptors (Lipinski definition) is 6. The summed E-state index contributed by atoms with van der Waals surface area (Å²) in [7, 11) is -6.01. The Balaban J connectivity index is 2.14. The quantitative estimate of drug-likeness (QED) is 0.650. The van der Waals surface area contributed by atoms with Gasteiger partial charge in [0.05, 0.1) is 30.2 Å². The lowest BCUT2D eigenvalue weighted by Crippen LogP contribution is -2.47. The van der Waals surface area contributed by atoms with Crippen molar-refractivity contribution < 1.29 is 26.4 Å². The minimum Gasteiger partial charge on any atom is -0.486 e. The van der Waals surface area contributed by atoms with Crippen molar-refractivity contribution in [2.24, 2.45) is 0 Å². The number of allylic oxidation sites excluding steroid dienone is 4. The van der Waals surface area contributed by atoms with Gasteiger partial charge in [0.25, 0.3) is 0 Å². The number of hydrogen-bond donors (Lipinski definition) is 1. The Labute approximate surface area is 155 Å². The maximum Gasteiger partial charge on any atom is 0.226 e. The number of sulfone groups is 1. The molecule has 144 valence electrons. The zero-order valence-corrected chi connectivity index (χ0v) is 16.0. The molecule has 1 amide bonds. The van der Waals surface area contributed by atoms with Crippen molar-refractivity contribution >= 4 is 26.6 Å². The van der Waals surface area contributed by atoms with Crippen molar-refractivity contribution in [3.63, 3.8) is 0 Å². The van der Waals surface area contributed by atoms with Crippen LogP contribution in [0.1, 0.15) is 6.42 Å². The van der Waals surface area contributed by atoms with E-state index in [-0.39, 0.29) is 49.2 Å². The van der Waals surface area contributed by atoms with E-state index in [9.17, 15) is 21.6 Å². The molecule has 0 aliphatic carbocycles. The Hall–Kier alpha value is -2.07. The van der Waals surface area contributed by atoms with Crippen LogP contribution in [0.4, 0.5) is 0 Å². The fraction of sp³-hybridized carbons (Fsp3) is 0.438. The highest BCUT2D eigenvalue weighted by molar-refractivity contribution is 7.91. The number of nitrogens with zero attached hydrogens (tertiary/aromatic N) is 2. The molecule has 0 spiro atoms. The van der Waals surface area contributed by atoms with Crippen LogP contribution in [0.25, 0.3) is 0 Å². The fourth-order valence-electron chi connectivity index (χ4n) is 2.75. The lowest BCUT2D eigenvalue weighted by atomic mass is 10.1. The average molecular weight is 402 g/mol. The average Bonchev–Trinajstić information content (AvgIpc) is 2.56. The van der Waals surface area contributed by atoms with Gasteiger partial charge in [0.15, 0.2) is 9.84 Å². The molecule has 8 nitrogen and oxygen atoms in total. The van der Waals surface area contributed by atoms with Crippen LogP contribution in [-0.4, -0.2) is 69.2 Å². The molecule has 1 atom stereocenters. The molecule has 10 heteroatoms. The maximum atomic E-state index is 12.4. The number of carbonyl (C=O) groups is 1. The number of amides is 1. The summed E-state index contributed by atoms with van der Waals surface area (Å²) in [6.07, 6.45) is 5.21. The first kappa shape index (κ1) is 20.2. The Morgan fingerprint density at radius 2 is 1.81 bits per heavy atom. The van der Waals surface area contributed by atoms with Crippen LogP contribution in [0.2, 0.25) is 0 Å². The van der Waals surface area contributed by atoms with Crippen LogP contribution >= 0.6 is 0 Å². The van der Waals surface area contributed by atoms with E-state index in [1.807, 2.05) is 0 Å². The molecule has 2 fully saturated rings. The van der Waals surface area contributed by atoms with E-state index in [0.29, 0.717) is 5.70 Å². The third kappa shape index (κ3) is 4.98. The highest BCUT2D eigenvalue weighted by Crippen LogP contribution is 2.27. The molecular formula is C16H22N2O6S2. The van der Waals surface area contributed by atoms with E-state index in [4.69, 9.17) is 4.74 Å². The van der Waals surface area contributed by atoms with Gasteiger partial charge in [0.2, 0.25) is 16.8 Å². The molecule has 2 aliphatic heterocycles. The minimum absolute atomic E-state index is 0.00919. The molecule has 0 saturated carbocycles. The molecule has 2 saturated heterocycles. The van der Waals surface area contributed by atoms with Crippen LogP contribution in [0.5, 0.6) is 0 Å². The predicted molar refractivity (Wildman–Crippen MR) is 98.3 cm³/mol. The van der Waals surface area contributed by atoms with Gasteiger partial charge >= 0.3 is 0 Å². The van der Waals surface area contributed by atoms with Crippen LogP contribution in [0, 0.1) is 0 Å². The molecule has 0 radical (unpaired) electrons. The standard InChI is InChI=1S/C16H22N2O6S2/c1-3-5-14-15(6-4-2)24-13(12-18(14)25(20)21)11-16(19)17-7-9-26(22,23)10-8-17/h3-6,13,25H,1-2,7-12H2/b14-5+,15-6+. The fourth-order valence-corrected chi connectivity index (χ4v) is 4.61. The lowest BCUT2D eigenvalue weighted by molar-refractivity contribution is -0.133. The first-order chi connectivity index (χ1) is 12.3. The molecule has 0 N–H and O–H groups in total. The second kappa shape index (κ2) is 8.54. The number of ether oxygens (including phenoxy) is 1. The van der Waals surface area contributed by atoms with E-state index in [1.54, 1.807) is 0 Å². The second-order valence-corrected chi connectivity index (χ2v) is 9.11. The highest BCUT2D eigenvalue weighted by Gasteiger charge is 2.33. The number of carbonyl (C=O) groups excluding carboxylic acids is 1. The van der Waals surface area contributed by atoms with Gasteiger partial charge in [-0.3, -0.25) is 9.10 Å². The molecule has 26 heavy (non-hydrogen) atoms. The van der Waals surface area contributed by atoms with Crippen molar-refractivity contribution in [3.05, 3.63) is 48.9 Å². The summed E-state index contributed by atoms with van der Waals surface area (Å²) in [6, 6.07) is 0. The van der Waals surface area contributed by atoms with Crippen LogP contribution in [0.15, 0.2) is 48.9 Å². The van der Waals surface area contributed by atoms with Gasteiger partial charge < -0.3 is 9.64 Å². The Bertz CT molecular complexity index is 804. The second-order valence-electron chi connectivity index (χ2n) is 5.85. The zero-order chi connectivity index (χ0) is 19.3. The Morgan fingerprint density at radius 3 is 2.35 bits per heavy atom. The third-order valence-corrected chi connectivity index (χ3v) is 6.42. The van der Waals surface area contributed by atoms with Gasteiger partial charge in [-0.2, -0.15) is 0 Å². The van der Waals surface area contributed by atoms with Gasteiger partial charge in [0, 0.05) is 13.1 Å². The van der Waals surface area contributed by atoms with E-state index < -0.39 is 26.8 Å². The summed E-state index contributed by atoms with van der Waals surface area (Å²) in [5.74, 6) is -0.0998. The topological polar surface area (TPSA) is 101 Å². The number of rotatable bonds is 5. The molecular weight excluding hydrogens is 380 g/mol. The smallest absolute Gasteiger partial charge is 0.226 e. The molecule has 0 aromatic rings. The molecule has 2 aliphatic rings. The van der Waals surface area contributed by atoms with E-state index in [2.05, 4.69) is 13.2 Å². The zero-order valence-electron chi connectivity index (χ0n) is 14.2. The normalized spacial score (nSPS) is 26.0. The number of thiol groups is 1. The van der Waals surface area contributed by atoms with E-state index in [1.165, 1.54) is 29.2 Å². The summed E-state index contributed by atoms with van der Waals surface area (Å²) in [4.78, 5) is 13.9. The Morgan fingerprint density at radius 1 is 1.19 bits per heavy atom. The summed E-state index contributed by atoms with van der Waals surface area (Å²) in [5, 5.41) is 0. The van der Waals surface area contributed by atoms with Gasteiger partial charge in [-0.05, 0) is 12.2 Å². The summed E-state index contributed by atoms with van der Waals surface area (Å²) < 4.78 is 53.1. The summed E-state index contributed by atoms with van der Waals surface area (Å²) in [6.45, 7) is 7.42. The van der Waals surface area contributed by atoms with Gasteiger partial charge in [-0.25, -0.2) is 16.8 Å². The third-order valence-electron chi connectivity index (χ3n) is 4.04. The lowest BCUT2D eigenvalue weighted by Gasteiger charge is -2.35. The molecule has 0 aromatic carbocycles. The predicted octanol–water partition coefficient (Wildman–Crippen LogP) is 0.000500. The SMILES string of the molecule is C=C/C=C1/OC(CC(=O)N2CCS(=O)(=O)CC2)CN([SH](=O)=O)/C1=C/C=C. The first-order valence-electron chi connectivity index (χ1n) is 8.00. The van der Waals surface area contributed by atoms with Crippen molar-refractivity contribution in [2.75, 3.05) is 31.1 Å². The van der Waals surface area contributed by atoms with E-state index >= 15 is 0 Å². The first-order valence-corrected chi connectivity index (χ1v) is 10.9. The Kier molecular flexibility index (Phi) is 6.65. The molecule has 2 heterocycles. The van der Waals surface area contributed by atoms with Gasteiger partial charge in [-0.1, -0.05) is 25.3 Å². The van der Waals surface area contributed by atoms with Crippen LogP contribution < -0.4 is 0 Å². The maximum absolute atomic E-state index is 12.4. The molecule has 0 aromatic heterocycles.